The zero-order chi connectivity index (χ0) is 12.8. The summed E-state index contributed by atoms with van der Waals surface area (Å²) in [6.07, 6.45) is 2.79. The van der Waals surface area contributed by atoms with E-state index in [1.165, 1.54) is 18.9 Å². The van der Waals surface area contributed by atoms with Crippen molar-refractivity contribution in [3.63, 3.8) is 0 Å². The summed E-state index contributed by atoms with van der Waals surface area (Å²) in [6.45, 7) is 0. The van der Waals surface area contributed by atoms with Crippen LogP contribution in [0.2, 0.25) is 0 Å². The van der Waals surface area contributed by atoms with Gasteiger partial charge in [0, 0.05) is 13.1 Å². The molecule has 0 aromatic carbocycles. The monoisotopic (exact) mass is 260 g/mol. The molecule has 1 fully saturated rings. The van der Waals surface area contributed by atoms with Crippen molar-refractivity contribution in [2.75, 3.05) is 25.7 Å². The third kappa shape index (κ3) is 4.95. The molecule has 1 atom stereocenters. The van der Waals surface area contributed by atoms with Crippen molar-refractivity contribution in [2.45, 2.75) is 31.3 Å². The maximum atomic E-state index is 11.6. The topological polar surface area (TPSA) is 72.6 Å². The number of rotatable bonds is 7. The maximum Gasteiger partial charge on any atom is 0.322 e. The summed E-state index contributed by atoms with van der Waals surface area (Å²) in [5.41, 5.74) is 5.58. The summed E-state index contributed by atoms with van der Waals surface area (Å²) in [7, 11) is 3.17. The second-order valence-corrected chi connectivity index (χ2v) is 5.31. The molecule has 98 valence electrons. The van der Waals surface area contributed by atoms with Gasteiger partial charge in [-0.1, -0.05) is 0 Å². The first-order chi connectivity index (χ1) is 8.06. The fraction of sp³-hybridized carbons (Fsp3) is 0.818. The van der Waals surface area contributed by atoms with E-state index < -0.39 is 12.0 Å². The van der Waals surface area contributed by atoms with Gasteiger partial charge in [0.2, 0.25) is 5.91 Å². The molecule has 17 heavy (non-hydrogen) atoms. The predicted molar refractivity (Wildman–Crippen MR) is 67.7 cm³/mol. The lowest BCUT2D eigenvalue weighted by Crippen LogP contribution is -2.32. The number of hydrogen-bond acceptors (Lipinski definition) is 5. The first-order valence-corrected chi connectivity index (χ1v) is 6.88. The van der Waals surface area contributed by atoms with Gasteiger partial charge in [-0.3, -0.25) is 9.59 Å². The van der Waals surface area contributed by atoms with Crippen molar-refractivity contribution in [2.24, 2.45) is 5.73 Å². The molecule has 1 rings (SSSR count). The summed E-state index contributed by atoms with van der Waals surface area (Å²) in [5.74, 6) is 0.915. The lowest BCUT2D eigenvalue weighted by molar-refractivity contribution is -0.142. The van der Waals surface area contributed by atoms with E-state index in [9.17, 15) is 9.59 Å². The number of amides is 1. The summed E-state index contributed by atoms with van der Waals surface area (Å²) in [6, 6.07) is -0.121. The molecule has 1 unspecified atom stereocenters. The second kappa shape index (κ2) is 6.86. The van der Waals surface area contributed by atoms with E-state index in [2.05, 4.69) is 4.74 Å². The number of carbonyl (C=O) groups excluding carboxylic acids is 2. The SMILES string of the molecule is COC(=O)C(N)CCSCC(=O)N(C)C1CC1. The molecule has 0 aliphatic heterocycles. The molecule has 0 saturated heterocycles. The van der Waals surface area contributed by atoms with Crippen LogP contribution in [-0.4, -0.2) is 54.5 Å². The fourth-order valence-corrected chi connectivity index (χ4v) is 2.35. The van der Waals surface area contributed by atoms with Gasteiger partial charge < -0.3 is 15.4 Å². The van der Waals surface area contributed by atoms with Crippen LogP contribution in [0.15, 0.2) is 0 Å². The molecule has 0 spiro atoms. The second-order valence-electron chi connectivity index (χ2n) is 4.21. The highest BCUT2D eigenvalue weighted by molar-refractivity contribution is 7.99. The molecular weight excluding hydrogens is 240 g/mol. The zero-order valence-corrected chi connectivity index (χ0v) is 11.2. The van der Waals surface area contributed by atoms with Crippen LogP contribution in [0.4, 0.5) is 0 Å². The first kappa shape index (κ1) is 14.3. The van der Waals surface area contributed by atoms with E-state index in [0.29, 0.717) is 24.0 Å². The predicted octanol–water partition coefficient (Wildman–Crippen LogP) is 0.231. The minimum absolute atomic E-state index is 0.157. The molecule has 0 heterocycles. The Kier molecular flexibility index (Phi) is 5.77. The van der Waals surface area contributed by atoms with Gasteiger partial charge >= 0.3 is 5.97 Å². The Morgan fingerprint density at radius 3 is 2.71 bits per heavy atom. The van der Waals surface area contributed by atoms with Gasteiger partial charge in [0.25, 0.3) is 0 Å². The Morgan fingerprint density at radius 1 is 1.53 bits per heavy atom. The molecule has 1 saturated carbocycles. The summed E-state index contributed by atoms with van der Waals surface area (Å²) >= 11 is 1.51. The first-order valence-electron chi connectivity index (χ1n) is 5.73. The smallest absolute Gasteiger partial charge is 0.322 e. The average molecular weight is 260 g/mol. The molecule has 6 heteroatoms. The van der Waals surface area contributed by atoms with Crippen LogP contribution in [0, 0.1) is 0 Å². The summed E-state index contributed by atoms with van der Waals surface area (Å²) in [4.78, 5) is 24.5. The van der Waals surface area contributed by atoms with E-state index in [0.717, 1.165) is 12.8 Å². The van der Waals surface area contributed by atoms with Crippen molar-refractivity contribution in [1.29, 1.82) is 0 Å². The van der Waals surface area contributed by atoms with Crippen LogP contribution in [0.25, 0.3) is 0 Å². The molecule has 1 amide bonds. The van der Waals surface area contributed by atoms with Crippen LogP contribution >= 0.6 is 11.8 Å². The molecule has 0 aromatic heterocycles. The Morgan fingerprint density at radius 2 is 2.18 bits per heavy atom. The highest BCUT2D eigenvalue weighted by atomic mass is 32.2. The maximum absolute atomic E-state index is 11.6. The number of nitrogens with zero attached hydrogens (tertiary/aromatic N) is 1. The van der Waals surface area contributed by atoms with Crippen molar-refractivity contribution in [1.82, 2.24) is 4.90 Å². The lowest BCUT2D eigenvalue weighted by atomic mass is 10.2. The van der Waals surface area contributed by atoms with Crippen molar-refractivity contribution in [3.05, 3.63) is 0 Å². The van der Waals surface area contributed by atoms with E-state index in [1.807, 2.05) is 11.9 Å². The van der Waals surface area contributed by atoms with E-state index in [-0.39, 0.29) is 5.91 Å². The normalized spacial score (nSPS) is 16.4. The molecular formula is C11H20N2O3S. The van der Waals surface area contributed by atoms with Crippen LogP contribution in [0.1, 0.15) is 19.3 Å². The zero-order valence-electron chi connectivity index (χ0n) is 10.3. The van der Waals surface area contributed by atoms with Gasteiger partial charge in [0.05, 0.1) is 12.9 Å². The Hall–Kier alpha value is -0.750. The van der Waals surface area contributed by atoms with Gasteiger partial charge in [-0.05, 0) is 25.0 Å². The standard InChI is InChI=1S/C11H20N2O3S/c1-13(8-3-4-8)10(14)7-17-6-5-9(12)11(15)16-2/h8-9H,3-7,12H2,1-2H3. The quantitative estimate of drug-likeness (QED) is 0.524. The molecule has 2 N–H and O–H groups in total. The Labute approximate surface area is 106 Å². The van der Waals surface area contributed by atoms with Gasteiger partial charge in [-0.15, -0.1) is 0 Å². The number of methoxy groups -OCH3 is 1. The molecule has 1 aliphatic rings. The highest BCUT2D eigenvalue weighted by Gasteiger charge is 2.29. The number of hydrogen-bond donors (Lipinski definition) is 1. The Balaban J connectivity index is 2.07. The number of esters is 1. The van der Waals surface area contributed by atoms with Crippen molar-refractivity contribution < 1.29 is 14.3 Å². The Bertz CT molecular complexity index is 282. The van der Waals surface area contributed by atoms with Crippen LogP contribution in [-0.2, 0) is 14.3 Å². The van der Waals surface area contributed by atoms with E-state index >= 15 is 0 Å². The minimum Gasteiger partial charge on any atom is -0.468 e. The molecule has 5 nitrogen and oxygen atoms in total. The molecule has 0 aromatic rings. The van der Waals surface area contributed by atoms with Gasteiger partial charge in [-0.25, -0.2) is 0 Å². The van der Waals surface area contributed by atoms with Gasteiger partial charge in [0.1, 0.15) is 6.04 Å². The summed E-state index contributed by atoms with van der Waals surface area (Å²) in [5, 5.41) is 0. The van der Waals surface area contributed by atoms with Crippen LogP contribution in [0.3, 0.4) is 0 Å². The fourth-order valence-electron chi connectivity index (χ4n) is 1.41. The molecule has 1 aliphatic carbocycles. The number of thioether (sulfide) groups is 1. The van der Waals surface area contributed by atoms with Crippen LogP contribution in [0.5, 0.6) is 0 Å². The average Bonchev–Trinajstić information content (AvgIpc) is 3.15. The van der Waals surface area contributed by atoms with E-state index in [4.69, 9.17) is 5.73 Å². The van der Waals surface area contributed by atoms with Gasteiger partial charge in [-0.2, -0.15) is 11.8 Å². The van der Waals surface area contributed by atoms with Crippen molar-refractivity contribution in [3.8, 4) is 0 Å². The van der Waals surface area contributed by atoms with Crippen LogP contribution < -0.4 is 5.73 Å². The highest BCUT2D eigenvalue weighted by Crippen LogP contribution is 2.25. The minimum atomic E-state index is -0.580. The number of carbonyl (C=O) groups is 2. The van der Waals surface area contributed by atoms with E-state index in [1.54, 1.807) is 0 Å². The van der Waals surface area contributed by atoms with Crippen molar-refractivity contribution >= 4 is 23.6 Å². The third-order valence-corrected chi connectivity index (χ3v) is 3.77. The third-order valence-electron chi connectivity index (χ3n) is 2.79. The molecule has 0 radical (unpaired) electrons. The molecule has 0 bridgehead atoms. The number of nitrogens with two attached hydrogens (primary N) is 1. The van der Waals surface area contributed by atoms with Gasteiger partial charge in [0.15, 0.2) is 0 Å². The summed E-state index contributed by atoms with van der Waals surface area (Å²) < 4.78 is 4.52. The lowest BCUT2D eigenvalue weighted by Gasteiger charge is -2.16. The largest absolute Gasteiger partial charge is 0.468 e. The number of ether oxygens (including phenoxy) is 1.